The van der Waals surface area contributed by atoms with E-state index >= 15 is 0 Å². The average molecular weight is 273 g/mol. The molecule has 2 heterocycles. The Labute approximate surface area is 110 Å². The molecule has 0 saturated carbocycles. The first kappa shape index (κ1) is 14.0. The molecule has 0 amide bonds. The van der Waals surface area contributed by atoms with Crippen molar-refractivity contribution >= 4 is 11.4 Å². The van der Waals surface area contributed by atoms with Crippen LogP contribution < -0.4 is 10.6 Å². The molecule has 0 radical (unpaired) electrons. The number of aromatic nitrogens is 1. The monoisotopic (exact) mass is 273 g/mol. The van der Waals surface area contributed by atoms with Crippen molar-refractivity contribution < 1.29 is 13.2 Å². The lowest BCUT2D eigenvalue weighted by molar-refractivity contribution is -0.141. The molecule has 0 aromatic carbocycles. The van der Waals surface area contributed by atoms with E-state index in [0.29, 0.717) is 23.2 Å². The number of alkyl halides is 3. The zero-order chi connectivity index (χ0) is 14.2. The molecule has 0 aliphatic carbocycles. The van der Waals surface area contributed by atoms with Crippen molar-refractivity contribution in [3.63, 3.8) is 0 Å². The number of piperidine rings is 1. The second kappa shape index (κ2) is 4.90. The van der Waals surface area contributed by atoms with Gasteiger partial charge >= 0.3 is 6.18 Å². The third kappa shape index (κ3) is 3.11. The molecule has 6 heteroatoms. The molecule has 1 fully saturated rings. The molecule has 1 aromatic heterocycles. The van der Waals surface area contributed by atoms with Crippen molar-refractivity contribution in [2.24, 2.45) is 11.8 Å². The molecule has 1 aromatic rings. The second-order valence-electron chi connectivity index (χ2n) is 5.48. The summed E-state index contributed by atoms with van der Waals surface area (Å²) < 4.78 is 38.1. The highest BCUT2D eigenvalue weighted by Gasteiger charge is 2.34. The van der Waals surface area contributed by atoms with Gasteiger partial charge in [0.2, 0.25) is 0 Å². The summed E-state index contributed by atoms with van der Waals surface area (Å²) in [6.07, 6.45) is -2.24. The van der Waals surface area contributed by atoms with E-state index in [1.54, 1.807) is 0 Å². The number of nitrogens with two attached hydrogens (primary N) is 1. The highest BCUT2D eigenvalue weighted by Crippen LogP contribution is 2.35. The highest BCUT2D eigenvalue weighted by molar-refractivity contribution is 5.67. The fourth-order valence-corrected chi connectivity index (χ4v) is 2.74. The fourth-order valence-electron chi connectivity index (χ4n) is 2.74. The minimum Gasteiger partial charge on any atom is -0.396 e. The van der Waals surface area contributed by atoms with E-state index in [1.165, 1.54) is 0 Å². The Kier molecular flexibility index (Phi) is 3.60. The molecule has 1 aliphatic rings. The van der Waals surface area contributed by atoms with Crippen molar-refractivity contribution in [2.45, 2.75) is 26.4 Å². The van der Waals surface area contributed by atoms with E-state index < -0.39 is 11.9 Å². The summed E-state index contributed by atoms with van der Waals surface area (Å²) in [4.78, 5) is 5.30. The SMILES string of the molecule is CC1CC(C)CN(c2cc(C(F)(F)F)ncc2N)C1. The summed E-state index contributed by atoms with van der Waals surface area (Å²) in [5.41, 5.74) is 5.64. The van der Waals surface area contributed by atoms with Crippen LogP contribution in [0.1, 0.15) is 26.0 Å². The first-order chi connectivity index (χ1) is 8.77. The van der Waals surface area contributed by atoms with E-state index in [1.807, 2.05) is 4.90 Å². The van der Waals surface area contributed by atoms with Crippen molar-refractivity contribution in [1.29, 1.82) is 0 Å². The molecule has 2 unspecified atom stereocenters. The van der Waals surface area contributed by atoms with Gasteiger partial charge in [0.1, 0.15) is 5.69 Å². The quantitative estimate of drug-likeness (QED) is 0.854. The van der Waals surface area contributed by atoms with Gasteiger partial charge in [-0.05, 0) is 24.3 Å². The molecular weight excluding hydrogens is 255 g/mol. The highest BCUT2D eigenvalue weighted by atomic mass is 19.4. The third-order valence-electron chi connectivity index (χ3n) is 3.41. The van der Waals surface area contributed by atoms with Gasteiger partial charge in [0.15, 0.2) is 0 Å². The maximum Gasteiger partial charge on any atom is 0.433 e. The minimum atomic E-state index is -4.44. The van der Waals surface area contributed by atoms with Gasteiger partial charge in [-0.2, -0.15) is 13.2 Å². The average Bonchev–Trinajstić information content (AvgIpc) is 2.26. The van der Waals surface area contributed by atoms with Crippen molar-refractivity contribution in [1.82, 2.24) is 4.98 Å². The number of nitrogen functional groups attached to an aromatic ring is 1. The second-order valence-corrected chi connectivity index (χ2v) is 5.48. The predicted molar refractivity (Wildman–Crippen MR) is 68.8 cm³/mol. The predicted octanol–water partition coefficient (Wildman–Crippen LogP) is 3.16. The molecule has 2 N–H and O–H groups in total. The molecule has 3 nitrogen and oxygen atoms in total. The standard InChI is InChI=1S/C13H18F3N3/c1-8-3-9(2)7-19(6-8)11-4-12(13(14,15)16)18-5-10(11)17/h4-5,8-9H,3,6-7,17H2,1-2H3. The van der Waals surface area contributed by atoms with Gasteiger partial charge in [0.25, 0.3) is 0 Å². The van der Waals surface area contributed by atoms with Crippen LogP contribution in [0, 0.1) is 11.8 Å². The zero-order valence-corrected chi connectivity index (χ0v) is 11.0. The summed E-state index contributed by atoms with van der Waals surface area (Å²) in [6.45, 7) is 5.67. The molecule has 0 spiro atoms. The topological polar surface area (TPSA) is 42.2 Å². The van der Waals surface area contributed by atoms with Gasteiger partial charge in [0.05, 0.1) is 17.6 Å². The van der Waals surface area contributed by atoms with Crippen LogP contribution in [0.25, 0.3) is 0 Å². The van der Waals surface area contributed by atoms with Crippen LogP contribution >= 0.6 is 0 Å². The fraction of sp³-hybridized carbons (Fsp3) is 0.615. The number of anilines is 2. The van der Waals surface area contributed by atoms with Crippen LogP contribution in [-0.4, -0.2) is 18.1 Å². The Morgan fingerprint density at radius 2 is 1.84 bits per heavy atom. The number of rotatable bonds is 1. The molecule has 2 atom stereocenters. The smallest absolute Gasteiger partial charge is 0.396 e. The summed E-state index contributed by atoms with van der Waals surface area (Å²) in [7, 11) is 0. The van der Waals surface area contributed by atoms with E-state index in [2.05, 4.69) is 18.8 Å². The number of nitrogens with zero attached hydrogens (tertiary/aromatic N) is 2. The maximum absolute atomic E-state index is 12.7. The van der Waals surface area contributed by atoms with E-state index in [4.69, 9.17) is 5.73 Å². The molecule has 1 aliphatic heterocycles. The van der Waals surface area contributed by atoms with E-state index in [-0.39, 0.29) is 0 Å². The van der Waals surface area contributed by atoms with Crippen LogP contribution in [0.15, 0.2) is 12.3 Å². The Balaban J connectivity index is 2.33. The number of halogens is 3. The van der Waals surface area contributed by atoms with E-state index in [0.717, 1.165) is 31.8 Å². The van der Waals surface area contributed by atoms with Gasteiger partial charge in [-0.3, -0.25) is 0 Å². The summed E-state index contributed by atoms with van der Waals surface area (Å²) in [5.74, 6) is 0.899. The lowest BCUT2D eigenvalue weighted by atomic mass is 9.91. The summed E-state index contributed by atoms with van der Waals surface area (Å²) in [6, 6.07) is 1.06. The van der Waals surface area contributed by atoms with Crippen LogP contribution in [0.2, 0.25) is 0 Å². The maximum atomic E-state index is 12.7. The molecule has 19 heavy (non-hydrogen) atoms. The molecule has 106 valence electrons. The van der Waals surface area contributed by atoms with Gasteiger partial charge in [0, 0.05) is 13.1 Å². The van der Waals surface area contributed by atoms with Crippen molar-refractivity contribution in [3.8, 4) is 0 Å². The van der Waals surface area contributed by atoms with Gasteiger partial charge < -0.3 is 10.6 Å². The van der Waals surface area contributed by atoms with E-state index in [9.17, 15) is 13.2 Å². The van der Waals surface area contributed by atoms with Gasteiger partial charge in [-0.1, -0.05) is 13.8 Å². The largest absolute Gasteiger partial charge is 0.433 e. The Bertz CT molecular complexity index is 449. The Hall–Kier alpha value is -1.46. The number of hydrogen-bond acceptors (Lipinski definition) is 3. The van der Waals surface area contributed by atoms with Crippen LogP contribution in [-0.2, 0) is 6.18 Å². The molecular formula is C13H18F3N3. The van der Waals surface area contributed by atoms with Gasteiger partial charge in [-0.25, -0.2) is 4.98 Å². The third-order valence-corrected chi connectivity index (χ3v) is 3.41. The summed E-state index contributed by atoms with van der Waals surface area (Å²) in [5, 5.41) is 0. The zero-order valence-electron chi connectivity index (χ0n) is 11.0. The number of hydrogen-bond donors (Lipinski definition) is 1. The normalized spacial score (nSPS) is 24.6. The van der Waals surface area contributed by atoms with Gasteiger partial charge in [-0.15, -0.1) is 0 Å². The minimum absolute atomic E-state index is 0.300. The summed E-state index contributed by atoms with van der Waals surface area (Å²) >= 11 is 0. The number of pyridine rings is 1. The van der Waals surface area contributed by atoms with Crippen LogP contribution in [0.3, 0.4) is 0 Å². The molecule has 1 saturated heterocycles. The molecule has 0 bridgehead atoms. The van der Waals surface area contributed by atoms with Crippen molar-refractivity contribution in [2.75, 3.05) is 23.7 Å². The lowest BCUT2D eigenvalue weighted by Crippen LogP contribution is -2.39. The Morgan fingerprint density at radius 3 is 2.37 bits per heavy atom. The Morgan fingerprint density at radius 1 is 1.26 bits per heavy atom. The first-order valence-electron chi connectivity index (χ1n) is 6.35. The first-order valence-corrected chi connectivity index (χ1v) is 6.35. The van der Waals surface area contributed by atoms with Crippen molar-refractivity contribution in [3.05, 3.63) is 18.0 Å². The van der Waals surface area contributed by atoms with Crippen LogP contribution in [0.4, 0.5) is 24.5 Å². The lowest BCUT2D eigenvalue weighted by Gasteiger charge is -2.37. The van der Waals surface area contributed by atoms with Crippen LogP contribution in [0.5, 0.6) is 0 Å². The molecule has 2 rings (SSSR count).